The molecule has 0 aliphatic heterocycles. The van der Waals surface area contributed by atoms with Crippen LogP contribution in [0.3, 0.4) is 0 Å². The summed E-state index contributed by atoms with van der Waals surface area (Å²) in [5.41, 5.74) is 6.15. The molecule has 0 aromatic heterocycles. The summed E-state index contributed by atoms with van der Waals surface area (Å²) in [6, 6.07) is 6.80. The van der Waals surface area contributed by atoms with Crippen molar-refractivity contribution in [2.24, 2.45) is 10.7 Å². The van der Waals surface area contributed by atoms with Crippen molar-refractivity contribution in [2.75, 3.05) is 13.9 Å². The number of aliphatic imine (C=N–C) groups is 1. The molecule has 1 aromatic rings. The fraction of sp³-hybridized carbons (Fsp3) is 0.533. The fourth-order valence-corrected chi connectivity index (χ4v) is 1.99. The van der Waals surface area contributed by atoms with E-state index < -0.39 is 12.2 Å². The predicted octanol–water partition coefficient (Wildman–Crippen LogP) is 2.37. The molecule has 1 aromatic carbocycles. The van der Waals surface area contributed by atoms with E-state index in [9.17, 15) is 4.39 Å². The second-order valence-corrected chi connectivity index (χ2v) is 5.04. The lowest BCUT2D eigenvalue weighted by atomic mass is 10.0. The van der Waals surface area contributed by atoms with E-state index in [0.717, 1.165) is 12.8 Å². The summed E-state index contributed by atoms with van der Waals surface area (Å²) in [5.74, 6) is -0.355. The third-order valence-electron chi connectivity index (χ3n) is 3.17. The first-order chi connectivity index (χ1) is 10.1. The van der Waals surface area contributed by atoms with Gasteiger partial charge < -0.3 is 19.9 Å². The number of hydrogen-bond donors (Lipinski definition) is 1. The number of nitrogens with two attached hydrogens (primary N) is 1. The van der Waals surface area contributed by atoms with Gasteiger partial charge in [-0.25, -0.2) is 9.38 Å². The molecular formula is C15H21FN2O3. The highest BCUT2D eigenvalue weighted by molar-refractivity contribution is 5.72. The average Bonchev–Trinajstić information content (AvgIpc) is 3.24. The molecule has 21 heavy (non-hydrogen) atoms. The summed E-state index contributed by atoms with van der Waals surface area (Å²) in [6.07, 6.45) is 0.962. The number of ether oxygens (including phenoxy) is 3. The van der Waals surface area contributed by atoms with Crippen molar-refractivity contribution >= 4 is 6.02 Å². The summed E-state index contributed by atoms with van der Waals surface area (Å²) < 4.78 is 29.9. The van der Waals surface area contributed by atoms with Gasteiger partial charge >= 0.3 is 0 Å². The van der Waals surface area contributed by atoms with Crippen molar-refractivity contribution in [1.29, 1.82) is 0 Å². The molecule has 0 bridgehead atoms. The number of hydrogen-bond acceptors (Lipinski definition) is 4. The van der Waals surface area contributed by atoms with Crippen LogP contribution in [-0.4, -0.2) is 32.1 Å². The zero-order valence-corrected chi connectivity index (χ0v) is 12.3. The molecular weight excluding hydrogens is 275 g/mol. The van der Waals surface area contributed by atoms with E-state index in [2.05, 4.69) is 4.99 Å². The summed E-state index contributed by atoms with van der Waals surface area (Å²) in [7, 11) is 1.51. The summed E-state index contributed by atoms with van der Waals surface area (Å²) in [4.78, 5) is 4.20. The van der Waals surface area contributed by atoms with Crippen LogP contribution in [0.15, 0.2) is 29.3 Å². The second kappa shape index (κ2) is 7.38. The Labute approximate surface area is 123 Å². The zero-order chi connectivity index (χ0) is 15.2. The lowest BCUT2D eigenvalue weighted by molar-refractivity contribution is -0.108. The molecule has 0 saturated heterocycles. The van der Waals surface area contributed by atoms with Crippen molar-refractivity contribution in [3.8, 4) is 0 Å². The highest BCUT2D eigenvalue weighted by Gasteiger charge is 2.26. The number of methoxy groups -OCH3 is 1. The topological polar surface area (TPSA) is 66.1 Å². The Morgan fingerprint density at radius 2 is 2.14 bits per heavy atom. The minimum Gasteiger partial charge on any atom is -0.459 e. The summed E-state index contributed by atoms with van der Waals surface area (Å²) in [6.45, 7) is 1.80. The molecule has 0 amide bonds. The van der Waals surface area contributed by atoms with Crippen LogP contribution in [0.2, 0.25) is 0 Å². The van der Waals surface area contributed by atoms with Crippen molar-refractivity contribution < 1.29 is 18.6 Å². The van der Waals surface area contributed by atoms with Gasteiger partial charge in [0.25, 0.3) is 6.02 Å². The first-order valence-corrected chi connectivity index (χ1v) is 6.96. The van der Waals surface area contributed by atoms with Crippen molar-refractivity contribution in [2.45, 2.75) is 38.0 Å². The van der Waals surface area contributed by atoms with Gasteiger partial charge in [0.2, 0.25) is 0 Å². The number of rotatable bonds is 7. The van der Waals surface area contributed by atoms with Crippen molar-refractivity contribution in [3.63, 3.8) is 0 Å². The van der Waals surface area contributed by atoms with Crippen LogP contribution >= 0.6 is 0 Å². The fourth-order valence-electron chi connectivity index (χ4n) is 1.99. The maximum Gasteiger partial charge on any atom is 0.282 e. The lowest BCUT2D eigenvalue weighted by Gasteiger charge is -2.25. The Hall–Kier alpha value is -1.66. The van der Waals surface area contributed by atoms with Crippen LogP contribution in [0.5, 0.6) is 0 Å². The van der Waals surface area contributed by atoms with Crippen LogP contribution in [0.4, 0.5) is 4.39 Å². The maximum absolute atomic E-state index is 13.9. The summed E-state index contributed by atoms with van der Waals surface area (Å²) in [5, 5.41) is 0. The Balaban J connectivity index is 2.09. The Bertz CT molecular complexity index is 492. The second-order valence-electron chi connectivity index (χ2n) is 5.04. The normalized spacial score (nSPS) is 18.3. The molecule has 1 fully saturated rings. The van der Waals surface area contributed by atoms with Crippen LogP contribution < -0.4 is 5.73 Å². The molecule has 0 unspecified atom stereocenters. The van der Waals surface area contributed by atoms with Crippen LogP contribution in [0, 0.1) is 5.82 Å². The third-order valence-corrected chi connectivity index (χ3v) is 3.17. The molecule has 1 aliphatic carbocycles. The molecule has 0 spiro atoms. The van der Waals surface area contributed by atoms with Gasteiger partial charge in [-0.2, -0.15) is 0 Å². The SMILES string of the molecule is COCO[C@@H](c1ccccc1F)[C@H](C)OC(N)=NC1CC1. The third kappa shape index (κ3) is 4.68. The van der Waals surface area contributed by atoms with Gasteiger partial charge in [0.05, 0.1) is 6.04 Å². The number of halogens is 1. The molecule has 0 heterocycles. The number of amidine groups is 1. The first-order valence-electron chi connectivity index (χ1n) is 6.96. The molecule has 2 rings (SSSR count). The maximum atomic E-state index is 13.9. The average molecular weight is 296 g/mol. The van der Waals surface area contributed by atoms with E-state index in [4.69, 9.17) is 19.9 Å². The monoisotopic (exact) mass is 296 g/mol. The molecule has 1 saturated carbocycles. The molecule has 1 aliphatic rings. The molecule has 6 heteroatoms. The Morgan fingerprint density at radius 3 is 2.76 bits per heavy atom. The molecule has 116 valence electrons. The van der Waals surface area contributed by atoms with E-state index >= 15 is 0 Å². The van der Waals surface area contributed by atoms with Gasteiger partial charge in [0.15, 0.2) is 0 Å². The van der Waals surface area contributed by atoms with Crippen LogP contribution in [0.1, 0.15) is 31.4 Å². The number of nitrogens with zero attached hydrogens (tertiary/aromatic N) is 1. The van der Waals surface area contributed by atoms with E-state index in [0.29, 0.717) is 5.56 Å². The van der Waals surface area contributed by atoms with E-state index in [-0.39, 0.29) is 24.7 Å². The number of benzene rings is 1. The largest absolute Gasteiger partial charge is 0.459 e. The first kappa shape index (κ1) is 15.7. The van der Waals surface area contributed by atoms with Crippen LogP contribution in [0.25, 0.3) is 0 Å². The Kier molecular flexibility index (Phi) is 5.52. The van der Waals surface area contributed by atoms with Gasteiger partial charge in [0.1, 0.15) is 24.8 Å². The minimum atomic E-state index is -0.626. The van der Waals surface area contributed by atoms with Crippen molar-refractivity contribution in [3.05, 3.63) is 35.6 Å². The predicted molar refractivity (Wildman–Crippen MR) is 77.3 cm³/mol. The minimum absolute atomic E-state index is 0.0341. The smallest absolute Gasteiger partial charge is 0.282 e. The van der Waals surface area contributed by atoms with Gasteiger partial charge in [-0.05, 0) is 25.8 Å². The highest BCUT2D eigenvalue weighted by atomic mass is 19.1. The van der Waals surface area contributed by atoms with Crippen molar-refractivity contribution in [1.82, 2.24) is 0 Å². The van der Waals surface area contributed by atoms with Gasteiger partial charge in [-0.15, -0.1) is 0 Å². The quantitative estimate of drug-likeness (QED) is 0.476. The van der Waals surface area contributed by atoms with Crippen LogP contribution in [-0.2, 0) is 14.2 Å². The van der Waals surface area contributed by atoms with Gasteiger partial charge in [-0.1, -0.05) is 18.2 Å². The van der Waals surface area contributed by atoms with E-state index in [1.165, 1.54) is 13.2 Å². The van der Waals surface area contributed by atoms with E-state index in [1.54, 1.807) is 25.1 Å². The van der Waals surface area contributed by atoms with Gasteiger partial charge in [-0.3, -0.25) is 0 Å². The molecule has 2 atom stereocenters. The Morgan fingerprint density at radius 1 is 1.43 bits per heavy atom. The highest BCUT2D eigenvalue weighted by Crippen LogP contribution is 2.27. The lowest BCUT2D eigenvalue weighted by Crippen LogP contribution is -2.30. The molecule has 2 N–H and O–H groups in total. The zero-order valence-electron chi connectivity index (χ0n) is 12.3. The molecule has 0 radical (unpaired) electrons. The van der Waals surface area contributed by atoms with E-state index in [1.807, 2.05) is 0 Å². The van der Waals surface area contributed by atoms with Gasteiger partial charge in [0, 0.05) is 12.7 Å². The summed E-state index contributed by atoms with van der Waals surface area (Å²) >= 11 is 0. The molecule has 5 nitrogen and oxygen atoms in total. The standard InChI is InChI=1S/C15H21FN2O3/c1-10(21-15(17)18-11-7-8-11)14(20-9-19-2)12-5-3-4-6-13(12)16/h3-6,10-11,14H,7-9H2,1-2H3,(H2,17,18)/t10-,14+/m0/s1.